The van der Waals surface area contributed by atoms with Crippen molar-refractivity contribution in [1.29, 1.82) is 0 Å². The van der Waals surface area contributed by atoms with Crippen molar-refractivity contribution >= 4 is 116 Å². The molecule has 0 atom stereocenters. The summed E-state index contributed by atoms with van der Waals surface area (Å²) in [6.07, 6.45) is 0.897. The molecular formula is C56H41N3O2. The van der Waals surface area contributed by atoms with Crippen LogP contribution in [0.5, 0.6) is 0 Å². The zero-order chi connectivity index (χ0) is 40.9. The summed E-state index contributed by atoms with van der Waals surface area (Å²) in [7, 11) is 0. The van der Waals surface area contributed by atoms with E-state index in [9.17, 15) is 0 Å². The molecule has 0 aliphatic rings. The van der Waals surface area contributed by atoms with Gasteiger partial charge in [0.1, 0.15) is 5.58 Å². The minimum absolute atomic E-state index is 0.627. The highest BCUT2D eigenvalue weighted by Crippen LogP contribution is 2.50. The fourth-order valence-corrected chi connectivity index (χ4v) is 9.69. The predicted octanol–water partition coefficient (Wildman–Crippen LogP) is 16.1. The Morgan fingerprint density at radius 3 is 1.33 bits per heavy atom. The lowest BCUT2D eigenvalue weighted by atomic mass is 9.91. The van der Waals surface area contributed by atoms with Crippen LogP contribution >= 0.6 is 0 Å². The number of nitrogens with zero attached hydrogens (tertiary/aromatic N) is 2. The van der Waals surface area contributed by atoms with Crippen LogP contribution in [0, 0.1) is 13.8 Å². The number of benzene rings is 10. The summed E-state index contributed by atoms with van der Waals surface area (Å²) in [5, 5.41) is 11.4. The fourth-order valence-electron chi connectivity index (χ4n) is 9.69. The Bertz CT molecular complexity index is 3670. The standard InChI is InChI=1S/C56H41N3O2/c1-4-35-9-5-10-40-42-12-7-15-49(55(42)60-53(35)40)58(38-25-17-33(2)18-26-38)47-31-23-36-22-30-45-48(32-24-37-21-29-44(47)51(36)52(37)45)59(39-27-19-34(3)20-28-39)50-16-8-13-43-41-11-6-14-46(57)54(41)61-56(43)50/h5-32H,4,57H2,1-3H3. The van der Waals surface area contributed by atoms with E-state index in [2.05, 4.69) is 188 Å². The number of para-hydroxylation sites is 4. The van der Waals surface area contributed by atoms with Crippen molar-refractivity contribution in [2.75, 3.05) is 15.5 Å². The molecule has 2 heterocycles. The molecule has 12 rings (SSSR count). The number of aryl methyl sites for hydroxylation is 3. The van der Waals surface area contributed by atoms with Crippen LogP contribution < -0.4 is 15.5 Å². The molecule has 0 unspecified atom stereocenters. The summed E-state index contributed by atoms with van der Waals surface area (Å²) in [6.45, 7) is 6.45. The quantitative estimate of drug-likeness (QED) is 0.129. The highest BCUT2D eigenvalue weighted by molar-refractivity contribution is 6.29. The van der Waals surface area contributed by atoms with Crippen LogP contribution in [0.25, 0.3) is 76.2 Å². The third-order valence-corrected chi connectivity index (χ3v) is 12.7. The lowest BCUT2D eigenvalue weighted by molar-refractivity contribution is 0.663. The summed E-state index contributed by atoms with van der Waals surface area (Å²) in [5.41, 5.74) is 20.3. The van der Waals surface area contributed by atoms with Crippen molar-refractivity contribution in [3.05, 3.63) is 187 Å². The molecule has 292 valence electrons. The first kappa shape index (κ1) is 35.2. The van der Waals surface area contributed by atoms with Gasteiger partial charge < -0.3 is 24.4 Å². The molecule has 0 saturated carbocycles. The summed E-state index contributed by atoms with van der Waals surface area (Å²) in [4.78, 5) is 4.73. The molecule has 2 N–H and O–H groups in total. The lowest BCUT2D eigenvalue weighted by Crippen LogP contribution is -2.12. The number of nitrogens with two attached hydrogens (primary N) is 1. The van der Waals surface area contributed by atoms with Gasteiger partial charge in [0.2, 0.25) is 0 Å². The molecule has 0 radical (unpaired) electrons. The molecule has 0 fully saturated rings. The number of hydrogen-bond donors (Lipinski definition) is 1. The van der Waals surface area contributed by atoms with Crippen LogP contribution in [0.1, 0.15) is 23.6 Å². The van der Waals surface area contributed by atoms with Crippen molar-refractivity contribution in [3.63, 3.8) is 0 Å². The maximum atomic E-state index is 6.91. The average molecular weight is 788 g/mol. The van der Waals surface area contributed by atoms with Gasteiger partial charge in [0.05, 0.1) is 28.4 Å². The molecule has 0 spiro atoms. The van der Waals surface area contributed by atoms with E-state index in [1.807, 2.05) is 12.1 Å². The van der Waals surface area contributed by atoms with Crippen molar-refractivity contribution in [2.45, 2.75) is 27.2 Å². The smallest absolute Gasteiger partial charge is 0.159 e. The molecule has 0 aliphatic heterocycles. The molecule has 2 aromatic heterocycles. The zero-order valence-electron chi connectivity index (χ0n) is 34.2. The third-order valence-electron chi connectivity index (χ3n) is 12.7. The van der Waals surface area contributed by atoms with Gasteiger partial charge in [-0.2, -0.15) is 0 Å². The minimum Gasteiger partial charge on any atom is -0.454 e. The van der Waals surface area contributed by atoms with E-state index < -0.39 is 0 Å². The molecule has 0 saturated heterocycles. The Morgan fingerprint density at radius 2 is 0.820 bits per heavy atom. The second-order valence-corrected chi connectivity index (χ2v) is 16.3. The van der Waals surface area contributed by atoms with Crippen LogP contribution in [0.3, 0.4) is 0 Å². The van der Waals surface area contributed by atoms with Crippen LogP contribution in [-0.4, -0.2) is 0 Å². The van der Waals surface area contributed by atoms with Gasteiger partial charge in [0.25, 0.3) is 0 Å². The topological polar surface area (TPSA) is 58.8 Å². The maximum Gasteiger partial charge on any atom is 0.159 e. The lowest BCUT2D eigenvalue weighted by Gasteiger charge is -2.29. The molecule has 12 aromatic rings. The van der Waals surface area contributed by atoms with Gasteiger partial charge in [-0.15, -0.1) is 0 Å². The first-order chi connectivity index (χ1) is 29.9. The van der Waals surface area contributed by atoms with Crippen LogP contribution in [0.4, 0.5) is 39.8 Å². The van der Waals surface area contributed by atoms with E-state index in [1.165, 1.54) is 38.2 Å². The number of furan rings is 2. The highest BCUT2D eigenvalue weighted by atomic mass is 16.3. The second kappa shape index (κ2) is 13.4. The molecule has 0 amide bonds. The Kier molecular flexibility index (Phi) is 7.72. The Morgan fingerprint density at radius 1 is 0.393 bits per heavy atom. The van der Waals surface area contributed by atoms with E-state index in [0.717, 1.165) is 89.6 Å². The van der Waals surface area contributed by atoms with Gasteiger partial charge >= 0.3 is 0 Å². The molecule has 0 aliphatic carbocycles. The van der Waals surface area contributed by atoms with Gasteiger partial charge in [0, 0.05) is 43.7 Å². The molecule has 5 heteroatoms. The van der Waals surface area contributed by atoms with Gasteiger partial charge in [-0.25, -0.2) is 0 Å². The van der Waals surface area contributed by atoms with E-state index in [0.29, 0.717) is 11.3 Å². The Hall–Kier alpha value is -7.76. The van der Waals surface area contributed by atoms with Crippen molar-refractivity contribution in [1.82, 2.24) is 0 Å². The molecule has 61 heavy (non-hydrogen) atoms. The van der Waals surface area contributed by atoms with E-state index in [-0.39, 0.29) is 0 Å². The zero-order valence-corrected chi connectivity index (χ0v) is 34.2. The second-order valence-electron chi connectivity index (χ2n) is 16.3. The normalized spacial score (nSPS) is 12.0. The van der Waals surface area contributed by atoms with E-state index in [1.54, 1.807) is 0 Å². The largest absolute Gasteiger partial charge is 0.454 e. The van der Waals surface area contributed by atoms with Crippen molar-refractivity contribution < 1.29 is 8.83 Å². The molecule has 0 bridgehead atoms. The number of fused-ring (bicyclic) bond motifs is 6. The van der Waals surface area contributed by atoms with E-state index in [4.69, 9.17) is 14.6 Å². The first-order valence-electron chi connectivity index (χ1n) is 21.0. The van der Waals surface area contributed by atoms with Gasteiger partial charge in [-0.3, -0.25) is 0 Å². The first-order valence-corrected chi connectivity index (χ1v) is 21.0. The highest BCUT2D eigenvalue weighted by Gasteiger charge is 2.26. The number of hydrogen-bond acceptors (Lipinski definition) is 5. The number of nitrogen functional groups attached to an aromatic ring is 1. The fraction of sp³-hybridized carbons (Fsp3) is 0.0714. The Labute approximate surface area is 352 Å². The monoisotopic (exact) mass is 787 g/mol. The van der Waals surface area contributed by atoms with Gasteiger partial charge in [0.15, 0.2) is 16.7 Å². The van der Waals surface area contributed by atoms with Crippen molar-refractivity contribution in [3.8, 4) is 0 Å². The predicted molar refractivity (Wildman–Crippen MR) is 257 cm³/mol. The van der Waals surface area contributed by atoms with Gasteiger partial charge in [-0.05, 0) is 102 Å². The summed E-state index contributed by atoms with van der Waals surface area (Å²) in [6, 6.07) is 61.1. The van der Waals surface area contributed by atoms with Crippen LogP contribution in [-0.2, 0) is 6.42 Å². The number of rotatable bonds is 7. The van der Waals surface area contributed by atoms with Gasteiger partial charge in [-0.1, -0.05) is 133 Å². The van der Waals surface area contributed by atoms with E-state index >= 15 is 0 Å². The third kappa shape index (κ3) is 5.27. The molecular weight excluding hydrogens is 747 g/mol. The average Bonchev–Trinajstić information content (AvgIpc) is 3.88. The van der Waals surface area contributed by atoms with Crippen LogP contribution in [0.15, 0.2) is 179 Å². The molecule has 10 aromatic carbocycles. The number of anilines is 7. The van der Waals surface area contributed by atoms with Crippen molar-refractivity contribution in [2.24, 2.45) is 0 Å². The Balaban J connectivity index is 1.13. The summed E-state index contributed by atoms with van der Waals surface area (Å²) in [5.74, 6) is 0. The minimum atomic E-state index is 0.627. The van der Waals surface area contributed by atoms with Crippen LogP contribution in [0.2, 0.25) is 0 Å². The summed E-state index contributed by atoms with van der Waals surface area (Å²) >= 11 is 0. The summed E-state index contributed by atoms with van der Waals surface area (Å²) < 4.78 is 13.6. The SMILES string of the molecule is CCc1cccc2c1oc1c(N(c3ccc(C)cc3)c3ccc4ccc5c(N(c6ccc(C)cc6)c6cccc7c6oc6c(N)cccc67)ccc6ccc3c4c65)cccc12. The molecule has 5 nitrogen and oxygen atoms in total. The maximum absolute atomic E-state index is 6.91.